The van der Waals surface area contributed by atoms with E-state index in [-0.39, 0.29) is 0 Å². The second-order valence-corrected chi connectivity index (χ2v) is 6.48. The number of fused-ring (bicyclic) bond motifs is 1. The van der Waals surface area contributed by atoms with Gasteiger partial charge in [0.1, 0.15) is 4.87 Å². The number of hydrogen-bond acceptors (Lipinski definition) is 0. The largest absolute Gasteiger partial charge is 0.120 e. The Morgan fingerprint density at radius 3 is 1.62 bits per heavy atom. The third kappa shape index (κ3) is 2.40. The Labute approximate surface area is 147 Å². The van der Waals surface area contributed by atoms with Gasteiger partial charge in [-0.05, 0) is 27.5 Å². The second kappa shape index (κ2) is 6.14. The summed E-state index contributed by atoms with van der Waals surface area (Å²) < 4.78 is 0. The zero-order valence-corrected chi connectivity index (χ0v) is 13.9. The summed E-state index contributed by atoms with van der Waals surface area (Å²) in [6.07, 6.45) is 0. The molecule has 0 bridgehead atoms. The second-order valence-electron chi connectivity index (χ2n) is 5.92. The predicted octanol–water partition coefficient (Wildman–Crippen LogP) is 6.37. The van der Waals surface area contributed by atoms with E-state index in [0.29, 0.717) is 0 Å². The van der Waals surface area contributed by atoms with Crippen LogP contribution in [0.3, 0.4) is 0 Å². The first-order valence-electron chi connectivity index (χ1n) is 8.08. The molecular formula is C23H17Cl. The predicted molar refractivity (Wildman–Crippen MR) is 103 cm³/mol. The lowest BCUT2D eigenvalue weighted by Gasteiger charge is -2.30. The Morgan fingerprint density at radius 1 is 0.500 bits per heavy atom. The molecule has 0 aliphatic carbocycles. The molecule has 0 saturated heterocycles. The SMILES string of the molecule is ClC(c1ccccc1)(c1ccccc1)c1cccc2ccccc12. The van der Waals surface area contributed by atoms with Gasteiger partial charge in [-0.2, -0.15) is 0 Å². The highest BCUT2D eigenvalue weighted by Gasteiger charge is 2.35. The molecule has 4 aromatic rings. The fourth-order valence-corrected chi connectivity index (χ4v) is 3.76. The minimum atomic E-state index is -0.719. The van der Waals surface area contributed by atoms with Gasteiger partial charge in [0, 0.05) is 0 Å². The topological polar surface area (TPSA) is 0 Å². The summed E-state index contributed by atoms with van der Waals surface area (Å²) in [5, 5.41) is 2.38. The molecular weight excluding hydrogens is 312 g/mol. The molecule has 0 heterocycles. The Balaban J connectivity index is 2.07. The van der Waals surface area contributed by atoms with Crippen LogP contribution in [0.4, 0.5) is 0 Å². The molecule has 24 heavy (non-hydrogen) atoms. The summed E-state index contributed by atoms with van der Waals surface area (Å²) in [6.45, 7) is 0. The maximum absolute atomic E-state index is 7.39. The van der Waals surface area contributed by atoms with Gasteiger partial charge in [-0.15, -0.1) is 11.6 Å². The highest BCUT2D eigenvalue weighted by atomic mass is 35.5. The lowest BCUT2D eigenvalue weighted by atomic mass is 9.82. The van der Waals surface area contributed by atoms with Crippen molar-refractivity contribution < 1.29 is 0 Å². The smallest absolute Gasteiger partial charge is 0.104 e. The number of rotatable bonds is 3. The zero-order chi connectivity index (χ0) is 16.4. The summed E-state index contributed by atoms with van der Waals surface area (Å²) in [6, 6.07) is 35.4. The van der Waals surface area contributed by atoms with Crippen LogP contribution in [0, 0.1) is 0 Å². The Kier molecular flexibility index (Phi) is 3.84. The molecule has 0 radical (unpaired) electrons. The van der Waals surface area contributed by atoms with Gasteiger partial charge in [-0.25, -0.2) is 0 Å². The van der Waals surface area contributed by atoms with Crippen molar-refractivity contribution >= 4 is 22.4 Å². The van der Waals surface area contributed by atoms with Gasteiger partial charge >= 0.3 is 0 Å². The highest BCUT2D eigenvalue weighted by molar-refractivity contribution is 6.29. The fraction of sp³-hybridized carbons (Fsp3) is 0.0435. The molecule has 116 valence electrons. The van der Waals surface area contributed by atoms with Crippen molar-refractivity contribution in [2.45, 2.75) is 4.87 Å². The monoisotopic (exact) mass is 328 g/mol. The maximum Gasteiger partial charge on any atom is 0.120 e. The number of alkyl halides is 1. The van der Waals surface area contributed by atoms with Gasteiger partial charge in [0.2, 0.25) is 0 Å². The van der Waals surface area contributed by atoms with Gasteiger partial charge in [0.05, 0.1) is 0 Å². The van der Waals surface area contributed by atoms with E-state index < -0.39 is 4.87 Å². The number of benzene rings is 4. The van der Waals surface area contributed by atoms with Crippen LogP contribution in [0.2, 0.25) is 0 Å². The fourth-order valence-electron chi connectivity index (χ4n) is 3.34. The maximum atomic E-state index is 7.39. The van der Waals surface area contributed by atoms with Crippen molar-refractivity contribution in [3.63, 3.8) is 0 Å². The third-order valence-corrected chi connectivity index (χ3v) is 5.14. The molecule has 0 nitrogen and oxygen atoms in total. The van der Waals surface area contributed by atoms with Crippen LogP contribution in [-0.2, 0) is 4.87 Å². The van der Waals surface area contributed by atoms with Crippen LogP contribution in [0.15, 0.2) is 103 Å². The number of hydrogen-bond donors (Lipinski definition) is 0. The van der Waals surface area contributed by atoms with Crippen molar-refractivity contribution in [2.75, 3.05) is 0 Å². The normalized spacial score (nSPS) is 11.5. The van der Waals surface area contributed by atoms with Crippen LogP contribution in [-0.4, -0.2) is 0 Å². The minimum absolute atomic E-state index is 0.719. The van der Waals surface area contributed by atoms with Crippen molar-refractivity contribution in [1.82, 2.24) is 0 Å². The summed E-state index contributed by atoms with van der Waals surface area (Å²) in [5.41, 5.74) is 3.27. The van der Waals surface area contributed by atoms with Gasteiger partial charge in [0.15, 0.2) is 0 Å². The average Bonchev–Trinajstić information content (AvgIpc) is 2.68. The Morgan fingerprint density at radius 2 is 1.00 bits per heavy atom. The van der Waals surface area contributed by atoms with E-state index in [1.54, 1.807) is 0 Å². The summed E-state index contributed by atoms with van der Waals surface area (Å²) in [4.78, 5) is -0.719. The molecule has 0 unspecified atom stereocenters. The van der Waals surface area contributed by atoms with Gasteiger partial charge in [0.25, 0.3) is 0 Å². The average molecular weight is 329 g/mol. The van der Waals surface area contributed by atoms with Crippen LogP contribution in [0.5, 0.6) is 0 Å². The van der Waals surface area contributed by atoms with Crippen molar-refractivity contribution in [3.8, 4) is 0 Å². The molecule has 0 aliphatic rings. The van der Waals surface area contributed by atoms with Crippen molar-refractivity contribution in [3.05, 3.63) is 120 Å². The summed E-state index contributed by atoms with van der Waals surface area (Å²) in [5.74, 6) is 0. The Hall–Kier alpha value is -2.57. The lowest BCUT2D eigenvalue weighted by molar-refractivity contribution is 0.889. The molecule has 1 heteroatoms. The van der Waals surface area contributed by atoms with E-state index in [9.17, 15) is 0 Å². The number of halogens is 1. The van der Waals surface area contributed by atoms with Crippen molar-refractivity contribution in [1.29, 1.82) is 0 Å². The van der Waals surface area contributed by atoms with E-state index in [2.05, 4.69) is 66.7 Å². The first-order valence-corrected chi connectivity index (χ1v) is 8.46. The minimum Gasteiger partial charge on any atom is -0.104 e. The zero-order valence-electron chi connectivity index (χ0n) is 13.2. The van der Waals surface area contributed by atoms with Crippen LogP contribution in [0.25, 0.3) is 10.8 Å². The standard InChI is InChI=1S/C23H17Cl/c24-23(19-12-3-1-4-13-19,20-14-5-2-6-15-20)22-17-9-11-18-10-7-8-16-21(18)22/h1-17H. The first kappa shape index (κ1) is 15.0. The molecule has 0 aromatic heterocycles. The quantitative estimate of drug-likeness (QED) is 0.303. The van der Waals surface area contributed by atoms with Gasteiger partial charge < -0.3 is 0 Å². The molecule has 0 spiro atoms. The lowest BCUT2D eigenvalue weighted by Crippen LogP contribution is -2.22. The van der Waals surface area contributed by atoms with E-state index in [0.717, 1.165) is 16.7 Å². The van der Waals surface area contributed by atoms with Crippen LogP contribution < -0.4 is 0 Å². The third-order valence-electron chi connectivity index (χ3n) is 4.50. The highest BCUT2D eigenvalue weighted by Crippen LogP contribution is 2.45. The summed E-state index contributed by atoms with van der Waals surface area (Å²) >= 11 is 7.39. The van der Waals surface area contributed by atoms with Gasteiger partial charge in [-0.3, -0.25) is 0 Å². The van der Waals surface area contributed by atoms with Crippen LogP contribution >= 0.6 is 11.6 Å². The van der Waals surface area contributed by atoms with E-state index in [4.69, 9.17) is 11.6 Å². The van der Waals surface area contributed by atoms with Crippen molar-refractivity contribution in [2.24, 2.45) is 0 Å². The van der Waals surface area contributed by atoms with E-state index >= 15 is 0 Å². The Bertz CT molecular complexity index is 914. The molecule has 4 rings (SSSR count). The summed E-state index contributed by atoms with van der Waals surface area (Å²) in [7, 11) is 0. The molecule has 0 amide bonds. The molecule has 0 fully saturated rings. The van der Waals surface area contributed by atoms with E-state index in [1.165, 1.54) is 10.8 Å². The van der Waals surface area contributed by atoms with Crippen LogP contribution in [0.1, 0.15) is 16.7 Å². The molecule has 0 saturated carbocycles. The molecule has 0 N–H and O–H groups in total. The molecule has 0 aliphatic heterocycles. The first-order chi connectivity index (χ1) is 11.8. The molecule has 0 atom stereocenters. The molecule has 4 aromatic carbocycles. The van der Waals surface area contributed by atoms with E-state index in [1.807, 2.05) is 36.4 Å². The van der Waals surface area contributed by atoms with Gasteiger partial charge in [-0.1, -0.05) is 103 Å².